The molecule has 0 saturated carbocycles. The molecule has 0 saturated heterocycles. The second-order valence-corrected chi connectivity index (χ2v) is 4.41. The molecule has 0 heterocycles. The number of benzene rings is 2. The summed E-state index contributed by atoms with van der Waals surface area (Å²) < 4.78 is 12.9. The maximum Gasteiger partial charge on any atom is 0.244 e. The van der Waals surface area contributed by atoms with Crippen molar-refractivity contribution in [1.29, 1.82) is 0 Å². The van der Waals surface area contributed by atoms with Crippen molar-refractivity contribution >= 4 is 12.0 Å². The minimum absolute atomic E-state index is 0.176. The summed E-state index contributed by atoms with van der Waals surface area (Å²) >= 11 is 0. The van der Waals surface area contributed by atoms with Crippen LogP contribution in [0.15, 0.2) is 60.7 Å². The van der Waals surface area contributed by atoms with Gasteiger partial charge in [-0.2, -0.15) is 0 Å². The van der Waals surface area contributed by atoms with Crippen molar-refractivity contribution in [3.05, 3.63) is 77.6 Å². The van der Waals surface area contributed by atoms with E-state index in [1.807, 2.05) is 30.3 Å². The van der Waals surface area contributed by atoms with E-state index in [-0.39, 0.29) is 11.7 Å². The van der Waals surface area contributed by atoms with Crippen molar-refractivity contribution in [3.63, 3.8) is 0 Å². The van der Waals surface area contributed by atoms with E-state index in [0.29, 0.717) is 12.1 Å². The van der Waals surface area contributed by atoms with E-state index in [9.17, 15) is 9.18 Å². The van der Waals surface area contributed by atoms with Crippen molar-refractivity contribution in [3.8, 4) is 0 Å². The Morgan fingerprint density at radius 1 is 1.10 bits per heavy atom. The lowest BCUT2D eigenvalue weighted by Crippen LogP contribution is -2.23. The molecule has 0 radical (unpaired) electrons. The van der Waals surface area contributed by atoms with Crippen LogP contribution < -0.4 is 5.32 Å². The van der Waals surface area contributed by atoms with Gasteiger partial charge in [-0.05, 0) is 35.8 Å². The smallest absolute Gasteiger partial charge is 0.244 e. The van der Waals surface area contributed by atoms with E-state index in [0.717, 1.165) is 6.42 Å². The number of carbonyl (C=O) groups is 1. The molecule has 2 aromatic rings. The molecule has 0 bridgehead atoms. The molecule has 0 aliphatic carbocycles. The molecule has 1 N–H and O–H groups in total. The van der Waals surface area contributed by atoms with Crippen LogP contribution in [0.3, 0.4) is 0 Å². The van der Waals surface area contributed by atoms with Crippen LogP contribution in [0.5, 0.6) is 0 Å². The molecule has 2 nitrogen and oxygen atoms in total. The van der Waals surface area contributed by atoms with Gasteiger partial charge in [0.05, 0.1) is 0 Å². The average molecular weight is 269 g/mol. The van der Waals surface area contributed by atoms with E-state index < -0.39 is 0 Å². The highest BCUT2D eigenvalue weighted by Gasteiger charge is 1.96. The molecule has 20 heavy (non-hydrogen) atoms. The van der Waals surface area contributed by atoms with Gasteiger partial charge in [0.25, 0.3) is 0 Å². The maximum absolute atomic E-state index is 12.9. The van der Waals surface area contributed by atoms with Gasteiger partial charge in [0.15, 0.2) is 0 Å². The van der Waals surface area contributed by atoms with Crippen LogP contribution in [0.1, 0.15) is 11.1 Å². The van der Waals surface area contributed by atoms with Crippen molar-refractivity contribution in [2.24, 2.45) is 0 Å². The summed E-state index contributed by atoms with van der Waals surface area (Å²) in [4.78, 5) is 11.6. The van der Waals surface area contributed by atoms with Gasteiger partial charge in [-0.25, -0.2) is 4.39 Å². The Morgan fingerprint density at radius 2 is 1.90 bits per heavy atom. The van der Waals surface area contributed by atoms with E-state index >= 15 is 0 Å². The highest BCUT2D eigenvalue weighted by molar-refractivity contribution is 5.91. The van der Waals surface area contributed by atoms with Crippen LogP contribution in [-0.2, 0) is 11.2 Å². The monoisotopic (exact) mass is 269 g/mol. The first-order valence-electron chi connectivity index (χ1n) is 6.49. The lowest BCUT2D eigenvalue weighted by atomic mass is 10.1. The van der Waals surface area contributed by atoms with Gasteiger partial charge in [-0.3, -0.25) is 4.79 Å². The van der Waals surface area contributed by atoms with Crippen LogP contribution in [0.4, 0.5) is 4.39 Å². The zero-order chi connectivity index (χ0) is 14.2. The molecule has 0 fully saturated rings. The first kappa shape index (κ1) is 14.0. The van der Waals surface area contributed by atoms with Crippen molar-refractivity contribution in [1.82, 2.24) is 5.32 Å². The summed E-state index contributed by atoms with van der Waals surface area (Å²) in [7, 11) is 0. The van der Waals surface area contributed by atoms with Gasteiger partial charge < -0.3 is 5.32 Å². The number of hydrogen-bond acceptors (Lipinski definition) is 1. The molecule has 0 unspecified atom stereocenters. The van der Waals surface area contributed by atoms with Crippen molar-refractivity contribution < 1.29 is 9.18 Å². The lowest BCUT2D eigenvalue weighted by Gasteiger charge is -2.02. The Labute approximate surface area is 118 Å². The third-order valence-corrected chi connectivity index (χ3v) is 2.83. The van der Waals surface area contributed by atoms with Crippen LogP contribution >= 0.6 is 0 Å². The van der Waals surface area contributed by atoms with E-state index in [1.165, 1.54) is 23.8 Å². The zero-order valence-electron chi connectivity index (χ0n) is 11.1. The summed E-state index contributed by atoms with van der Waals surface area (Å²) in [5.41, 5.74) is 1.85. The predicted octanol–water partition coefficient (Wildman–Crippen LogP) is 3.20. The van der Waals surface area contributed by atoms with E-state index in [2.05, 4.69) is 5.32 Å². The van der Waals surface area contributed by atoms with Crippen molar-refractivity contribution in [2.75, 3.05) is 6.54 Å². The normalized spacial score (nSPS) is 10.7. The van der Waals surface area contributed by atoms with Gasteiger partial charge in [0, 0.05) is 12.6 Å². The Balaban J connectivity index is 1.78. The highest BCUT2D eigenvalue weighted by atomic mass is 19.1. The summed E-state index contributed by atoms with van der Waals surface area (Å²) in [5, 5.41) is 2.80. The first-order chi connectivity index (χ1) is 9.74. The molecule has 0 atom stereocenters. The van der Waals surface area contributed by atoms with Crippen LogP contribution in [-0.4, -0.2) is 12.5 Å². The highest BCUT2D eigenvalue weighted by Crippen LogP contribution is 2.05. The second kappa shape index (κ2) is 7.24. The summed E-state index contributed by atoms with van der Waals surface area (Å²) in [5.74, 6) is -0.484. The molecule has 0 aliphatic rings. The fraction of sp³-hybridized carbons (Fsp3) is 0.118. The number of nitrogens with one attached hydrogen (secondary N) is 1. The summed E-state index contributed by atoms with van der Waals surface area (Å²) in [6.07, 6.45) is 3.81. The molecule has 2 rings (SSSR count). The van der Waals surface area contributed by atoms with Gasteiger partial charge >= 0.3 is 0 Å². The Morgan fingerprint density at radius 3 is 2.65 bits per heavy atom. The standard InChI is InChI=1S/C17H16FNO/c18-16-8-4-7-15(13-16)9-10-17(20)19-12-11-14-5-2-1-3-6-14/h1-10,13H,11-12H2,(H,19,20). The van der Waals surface area contributed by atoms with Gasteiger partial charge in [0.1, 0.15) is 5.82 Å². The number of carbonyl (C=O) groups excluding carboxylic acids is 1. The molecular formula is C17H16FNO. The minimum Gasteiger partial charge on any atom is -0.352 e. The largest absolute Gasteiger partial charge is 0.352 e. The SMILES string of the molecule is O=C(C=Cc1cccc(F)c1)NCCc1ccccc1. The number of rotatable bonds is 5. The van der Waals surface area contributed by atoms with Crippen LogP contribution in [0.2, 0.25) is 0 Å². The number of hydrogen-bond donors (Lipinski definition) is 1. The van der Waals surface area contributed by atoms with Crippen LogP contribution in [0.25, 0.3) is 6.08 Å². The topological polar surface area (TPSA) is 29.1 Å². The third kappa shape index (κ3) is 4.69. The Bertz CT molecular complexity index is 593. The average Bonchev–Trinajstić information content (AvgIpc) is 2.46. The van der Waals surface area contributed by atoms with E-state index in [4.69, 9.17) is 0 Å². The number of halogens is 1. The fourth-order valence-electron chi connectivity index (χ4n) is 1.82. The van der Waals surface area contributed by atoms with Crippen molar-refractivity contribution in [2.45, 2.75) is 6.42 Å². The molecular weight excluding hydrogens is 253 g/mol. The Kier molecular flexibility index (Phi) is 5.07. The fourth-order valence-corrected chi connectivity index (χ4v) is 1.82. The first-order valence-corrected chi connectivity index (χ1v) is 6.49. The molecule has 3 heteroatoms. The van der Waals surface area contributed by atoms with Crippen LogP contribution in [0, 0.1) is 5.82 Å². The molecule has 1 amide bonds. The zero-order valence-corrected chi connectivity index (χ0v) is 11.1. The molecule has 0 spiro atoms. The maximum atomic E-state index is 12.9. The Hall–Kier alpha value is -2.42. The minimum atomic E-state index is -0.309. The second-order valence-electron chi connectivity index (χ2n) is 4.41. The summed E-state index contributed by atoms with van der Waals surface area (Å²) in [6, 6.07) is 16.1. The molecule has 0 aliphatic heterocycles. The number of amides is 1. The van der Waals surface area contributed by atoms with Gasteiger partial charge in [-0.15, -0.1) is 0 Å². The quantitative estimate of drug-likeness (QED) is 0.830. The summed E-state index contributed by atoms with van der Waals surface area (Å²) in [6.45, 7) is 0.580. The third-order valence-electron chi connectivity index (χ3n) is 2.83. The van der Waals surface area contributed by atoms with E-state index in [1.54, 1.807) is 18.2 Å². The van der Waals surface area contributed by atoms with Gasteiger partial charge in [-0.1, -0.05) is 42.5 Å². The molecule has 2 aromatic carbocycles. The molecule has 102 valence electrons. The lowest BCUT2D eigenvalue weighted by molar-refractivity contribution is -0.116. The molecule has 0 aromatic heterocycles. The predicted molar refractivity (Wildman–Crippen MR) is 78.6 cm³/mol. The van der Waals surface area contributed by atoms with Gasteiger partial charge in [0.2, 0.25) is 5.91 Å².